The van der Waals surface area contributed by atoms with Crippen molar-refractivity contribution in [3.63, 3.8) is 0 Å². The van der Waals surface area contributed by atoms with Gasteiger partial charge in [-0.25, -0.2) is 0 Å². The Morgan fingerprint density at radius 3 is 1.73 bits per heavy atom. The van der Waals surface area contributed by atoms with Gasteiger partial charge in [0.05, 0.1) is 28.9 Å². The number of benzene rings is 3. The van der Waals surface area contributed by atoms with Gasteiger partial charge in [-0.2, -0.15) is 0 Å². The van der Waals surface area contributed by atoms with Crippen LogP contribution in [0.3, 0.4) is 0 Å². The second-order valence-electron chi connectivity index (χ2n) is 7.09. The first-order chi connectivity index (χ1) is 15.9. The third kappa shape index (κ3) is 7.23. The molecular formula is C25H27Cl2O5P. The summed E-state index contributed by atoms with van der Waals surface area (Å²) >= 11 is 12.4. The van der Waals surface area contributed by atoms with Gasteiger partial charge in [0.25, 0.3) is 0 Å². The molecule has 0 radical (unpaired) electrons. The van der Waals surface area contributed by atoms with E-state index in [4.69, 9.17) is 41.7 Å². The summed E-state index contributed by atoms with van der Waals surface area (Å²) in [7, 11) is -3.61. The normalized spacial score (nSPS) is 12.5. The molecule has 0 aromatic heterocycles. The SMILES string of the molecule is CCOP(=O)(OCC)C(CC(Oc1ccccc1)Oc1ccccc1)c1ccc(Cl)c(Cl)c1. The zero-order valence-corrected chi connectivity index (χ0v) is 20.9. The Morgan fingerprint density at radius 2 is 1.27 bits per heavy atom. The Morgan fingerprint density at radius 1 is 0.758 bits per heavy atom. The molecular weight excluding hydrogens is 482 g/mol. The van der Waals surface area contributed by atoms with Crippen LogP contribution in [0.2, 0.25) is 10.0 Å². The van der Waals surface area contributed by atoms with E-state index in [-0.39, 0.29) is 19.6 Å². The van der Waals surface area contributed by atoms with Crippen LogP contribution in [0.15, 0.2) is 78.9 Å². The largest absolute Gasteiger partial charge is 0.455 e. The van der Waals surface area contributed by atoms with Crippen molar-refractivity contribution < 1.29 is 23.1 Å². The highest BCUT2D eigenvalue weighted by Crippen LogP contribution is 2.63. The molecule has 0 fully saturated rings. The molecule has 3 aromatic rings. The number of rotatable bonds is 12. The first kappa shape index (κ1) is 25.6. The van der Waals surface area contributed by atoms with E-state index >= 15 is 0 Å². The molecule has 0 aliphatic rings. The molecule has 1 unspecified atom stereocenters. The zero-order chi connectivity index (χ0) is 23.7. The monoisotopic (exact) mass is 508 g/mol. The van der Waals surface area contributed by atoms with Crippen molar-refractivity contribution in [2.45, 2.75) is 32.2 Å². The lowest BCUT2D eigenvalue weighted by Gasteiger charge is -2.30. The van der Waals surface area contributed by atoms with Crippen molar-refractivity contribution in [3.8, 4) is 11.5 Å². The predicted octanol–water partition coefficient (Wildman–Crippen LogP) is 8.17. The lowest BCUT2D eigenvalue weighted by Crippen LogP contribution is -2.27. The maximum absolute atomic E-state index is 13.9. The van der Waals surface area contributed by atoms with E-state index in [1.54, 1.807) is 32.0 Å². The minimum absolute atomic E-state index is 0.180. The van der Waals surface area contributed by atoms with Gasteiger partial charge in [-0.05, 0) is 55.8 Å². The molecule has 0 bridgehead atoms. The summed E-state index contributed by atoms with van der Waals surface area (Å²) < 4.78 is 37.7. The van der Waals surface area contributed by atoms with Crippen molar-refractivity contribution in [3.05, 3.63) is 94.5 Å². The van der Waals surface area contributed by atoms with Crippen LogP contribution >= 0.6 is 30.8 Å². The minimum atomic E-state index is -3.61. The fourth-order valence-corrected chi connectivity index (χ4v) is 5.77. The smallest absolute Gasteiger partial charge is 0.338 e. The first-order valence-corrected chi connectivity index (χ1v) is 13.1. The van der Waals surface area contributed by atoms with Crippen LogP contribution in [0.25, 0.3) is 0 Å². The molecule has 0 N–H and O–H groups in total. The fraction of sp³-hybridized carbons (Fsp3) is 0.280. The van der Waals surface area contributed by atoms with E-state index in [0.717, 1.165) is 0 Å². The van der Waals surface area contributed by atoms with Gasteiger partial charge in [-0.1, -0.05) is 65.7 Å². The van der Waals surface area contributed by atoms with Crippen molar-refractivity contribution in [1.29, 1.82) is 0 Å². The molecule has 176 valence electrons. The number of hydrogen-bond donors (Lipinski definition) is 0. The van der Waals surface area contributed by atoms with Crippen molar-refractivity contribution in [2.24, 2.45) is 0 Å². The molecule has 8 heteroatoms. The Kier molecular flexibility index (Phi) is 9.66. The molecule has 0 saturated carbocycles. The van der Waals surface area contributed by atoms with Gasteiger partial charge in [-0.15, -0.1) is 0 Å². The van der Waals surface area contributed by atoms with Crippen LogP contribution in [-0.4, -0.2) is 19.5 Å². The molecule has 0 saturated heterocycles. The Balaban J connectivity index is 2.00. The summed E-state index contributed by atoms with van der Waals surface area (Å²) in [6.07, 6.45) is -0.609. The summed E-state index contributed by atoms with van der Waals surface area (Å²) in [4.78, 5) is 0. The Bertz CT molecular complexity index is 998. The molecule has 0 amide bonds. The van der Waals surface area contributed by atoms with Gasteiger partial charge in [-0.3, -0.25) is 4.57 Å². The average molecular weight is 509 g/mol. The summed E-state index contributed by atoms with van der Waals surface area (Å²) in [5, 5.41) is 0.752. The van der Waals surface area contributed by atoms with Crippen molar-refractivity contribution in [1.82, 2.24) is 0 Å². The third-order valence-electron chi connectivity index (χ3n) is 4.77. The van der Waals surface area contributed by atoms with E-state index < -0.39 is 19.5 Å². The molecule has 3 rings (SSSR count). The Labute approximate surface area is 205 Å². The first-order valence-electron chi connectivity index (χ1n) is 10.7. The number of halogens is 2. The minimum Gasteiger partial charge on any atom is -0.455 e. The quantitative estimate of drug-likeness (QED) is 0.182. The van der Waals surface area contributed by atoms with Crippen LogP contribution in [0, 0.1) is 0 Å². The van der Waals surface area contributed by atoms with Gasteiger partial charge in [0.1, 0.15) is 11.5 Å². The topological polar surface area (TPSA) is 54.0 Å². The van der Waals surface area contributed by atoms with E-state index in [2.05, 4.69) is 0 Å². The van der Waals surface area contributed by atoms with Gasteiger partial charge >= 0.3 is 7.60 Å². The standard InChI is InChI=1S/C25H27Cl2O5P/c1-3-29-33(28,30-4-2)24(19-15-16-22(26)23(27)17-19)18-25(31-20-11-7-5-8-12-20)32-21-13-9-6-10-14-21/h5-17,24-25H,3-4,18H2,1-2H3. The van der Waals surface area contributed by atoms with Gasteiger partial charge in [0.15, 0.2) is 0 Å². The maximum Gasteiger partial charge on any atom is 0.338 e. The Hall–Kier alpha value is -2.01. The summed E-state index contributed by atoms with van der Waals surface area (Å²) in [5.74, 6) is 1.24. The zero-order valence-electron chi connectivity index (χ0n) is 18.5. The highest BCUT2D eigenvalue weighted by Gasteiger charge is 2.40. The predicted molar refractivity (Wildman–Crippen MR) is 133 cm³/mol. The lowest BCUT2D eigenvalue weighted by molar-refractivity contribution is -0.00351. The van der Waals surface area contributed by atoms with Crippen LogP contribution in [0.4, 0.5) is 0 Å². The van der Waals surface area contributed by atoms with Gasteiger partial charge < -0.3 is 18.5 Å². The summed E-state index contributed by atoms with van der Waals surface area (Å²) in [6, 6.07) is 23.7. The third-order valence-corrected chi connectivity index (χ3v) is 8.01. The molecule has 0 aliphatic carbocycles. The van der Waals surface area contributed by atoms with E-state index in [9.17, 15) is 4.57 Å². The molecule has 0 spiro atoms. The van der Waals surface area contributed by atoms with E-state index in [1.165, 1.54) is 0 Å². The molecule has 3 aromatic carbocycles. The van der Waals surface area contributed by atoms with Crippen molar-refractivity contribution in [2.75, 3.05) is 13.2 Å². The fourth-order valence-electron chi connectivity index (χ4n) is 3.35. The second kappa shape index (κ2) is 12.5. The highest BCUT2D eigenvalue weighted by atomic mass is 35.5. The number of ether oxygens (including phenoxy) is 2. The number of hydrogen-bond acceptors (Lipinski definition) is 5. The van der Waals surface area contributed by atoms with Gasteiger partial charge in [0, 0.05) is 6.42 Å². The van der Waals surface area contributed by atoms with Crippen molar-refractivity contribution >= 4 is 30.8 Å². The molecule has 0 heterocycles. The second-order valence-corrected chi connectivity index (χ2v) is 10.1. The number of para-hydroxylation sites is 2. The van der Waals surface area contributed by atoms with E-state index in [1.807, 2.05) is 60.7 Å². The lowest BCUT2D eigenvalue weighted by atomic mass is 10.1. The average Bonchev–Trinajstić information content (AvgIpc) is 2.81. The van der Waals surface area contributed by atoms with E-state index in [0.29, 0.717) is 27.1 Å². The molecule has 0 aliphatic heterocycles. The molecule has 1 atom stereocenters. The van der Waals surface area contributed by atoms with Crippen LogP contribution in [-0.2, 0) is 13.6 Å². The summed E-state index contributed by atoms with van der Waals surface area (Å²) in [5.41, 5.74) is -0.0439. The van der Waals surface area contributed by atoms with Gasteiger partial charge in [0.2, 0.25) is 6.29 Å². The maximum atomic E-state index is 13.9. The molecule has 33 heavy (non-hydrogen) atoms. The van der Waals surface area contributed by atoms with Crippen LogP contribution in [0.1, 0.15) is 31.5 Å². The van der Waals surface area contributed by atoms with Crippen LogP contribution in [0.5, 0.6) is 11.5 Å². The summed E-state index contributed by atoms with van der Waals surface area (Å²) in [6.45, 7) is 3.99. The molecule has 5 nitrogen and oxygen atoms in total. The highest BCUT2D eigenvalue weighted by molar-refractivity contribution is 7.54. The van der Waals surface area contributed by atoms with Crippen LogP contribution < -0.4 is 9.47 Å².